The molecule has 0 saturated heterocycles. The van der Waals surface area contributed by atoms with Gasteiger partial charge in [0.05, 0.1) is 16.0 Å². The molecule has 1 aromatic carbocycles. The predicted octanol–water partition coefficient (Wildman–Crippen LogP) is 3.24. The highest BCUT2D eigenvalue weighted by molar-refractivity contribution is 6.42. The number of nitriles is 1. The van der Waals surface area contributed by atoms with Gasteiger partial charge < -0.3 is 10.5 Å². The molecule has 3 rings (SSSR count). The normalized spacial score (nSPS) is 17.1. The Hall–Kier alpha value is -2.16. The van der Waals surface area contributed by atoms with E-state index in [1.165, 1.54) is 0 Å². The number of nitrogens with zero attached hydrogens (tertiary/aromatic N) is 2. The largest absolute Gasteiger partial charge is 0.420 e. The standard InChI is InChI=1S/C14H10Cl2N4O/c1-6-11-12(7-2-3-9(15)10(16)4-7)8(5-17)13(18)21-14(11)20-19-6/h2-4,12H,18H2,1H3,(H,19,20)/t12-/m0/s1. The van der Waals surface area contributed by atoms with Gasteiger partial charge in [0.1, 0.15) is 11.6 Å². The number of ether oxygens (including phenoxy) is 1. The van der Waals surface area contributed by atoms with E-state index in [-0.39, 0.29) is 11.8 Å². The van der Waals surface area contributed by atoms with Crippen LogP contribution < -0.4 is 10.5 Å². The quantitative estimate of drug-likeness (QED) is 0.844. The molecule has 0 unspecified atom stereocenters. The fourth-order valence-electron chi connectivity index (χ4n) is 2.42. The fraction of sp³-hybridized carbons (Fsp3) is 0.143. The molecule has 0 aliphatic carbocycles. The number of H-pyrrole nitrogens is 1. The Morgan fingerprint density at radius 3 is 2.81 bits per heavy atom. The second-order valence-electron chi connectivity index (χ2n) is 4.67. The summed E-state index contributed by atoms with van der Waals surface area (Å²) in [5.41, 5.74) is 8.54. The molecule has 0 amide bonds. The van der Waals surface area contributed by atoms with Crippen LogP contribution >= 0.6 is 23.2 Å². The summed E-state index contributed by atoms with van der Waals surface area (Å²) in [6, 6.07) is 7.33. The van der Waals surface area contributed by atoms with Gasteiger partial charge in [0.25, 0.3) is 0 Å². The molecule has 0 saturated carbocycles. The molecule has 1 atom stereocenters. The van der Waals surface area contributed by atoms with Crippen LogP contribution in [0, 0.1) is 18.3 Å². The lowest BCUT2D eigenvalue weighted by atomic mass is 9.84. The first-order chi connectivity index (χ1) is 10.0. The van der Waals surface area contributed by atoms with Gasteiger partial charge in [-0.05, 0) is 24.6 Å². The highest BCUT2D eigenvalue weighted by Gasteiger charge is 2.34. The van der Waals surface area contributed by atoms with Crippen LogP contribution in [-0.2, 0) is 0 Å². The van der Waals surface area contributed by atoms with Crippen molar-refractivity contribution in [3.05, 3.63) is 56.5 Å². The minimum Gasteiger partial charge on any atom is -0.420 e. The number of aromatic amines is 1. The number of hydrogen-bond acceptors (Lipinski definition) is 4. The van der Waals surface area contributed by atoms with Gasteiger partial charge in [0.15, 0.2) is 0 Å². The van der Waals surface area contributed by atoms with Crippen molar-refractivity contribution >= 4 is 23.2 Å². The predicted molar refractivity (Wildman–Crippen MR) is 79.1 cm³/mol. The number of fused-ring (bicyclic) bond motifs is 1. The number of halogens is 2. The van der Waals surface area contributed by atoms with Gasteiger partial charge in [-0.1, -0.05) is 29.3 Å². The minimum absolute atomic E-state index is 0.0487. The van der Waals surface area contributed by atoms with E-state index in [1.54, 1.807) is 12.1 Å². The molecular formula is C14H10Cl2N4O. The summed E-state index contributed by atoms with van der Waals surface area (Å²) in [5, 5.41) is 17.2. The molecule has 1 aromatic heterocycles. The molecule has 7 heteroatoms. The van der Waals surface area contributed by atoms with Gasteiger partial charge in [0.2, 0.25) is 11.8 Å². The zero-order chi connectivity index (χ0) is 15.1. The average Bonchev–Trinajstić information content (AvgIpc) is 2.81. The van der Waals surface area contributed by atoms with Crippen LogP contribution in [0.25, 0.3) is 0 Å². The molecule has 2 heterocycles. The third kappa shape index (κ3) is 2.13. The summed E-state index contributed by atoms with van der Waals surface area (Å²) in [6.07, 6.45) is 0. The average molecular weight is 321 g/mol. The lowest BCUT2D eigenvalue weighted by Gasteiger charge is -2.23. The number of nitrogens with two attached hydrogens (primary N) is 1. The van der Waals surface area contributed by atoms with E-state index in [0.717, 1.165) is 16.8 Å². The summed E-state index contributed by atoms with van der Waals surface area (Å²) in [5.74, 6) is 0.0416. The SMILES string of the molecule is Cc1[nH]nc2c1[C@@H](c1ccc(Cl)c(Cl)c1)C(C#N)=C(N)O2. The molecule has 2 aromatic rings. The summed E-state index contributed by atoms with van der Waals surface area (Å²) < 4.78 is 5.40. The van der Waals surface area contributed by atoms with Crippen LogP contribution in [-0.4, -0.2) is 10.2 Å². The molecule has 21 heavy (non-hydrogen) atoms. The maximum Gasteiger partial charge on any atom is 0.244 e. The second-order valence-corrected chi connectivity index (χ2v) is 5.48. The van der Waals surface area contributed by atoms with E-state index in [4.69, 9.17) is 33.7 Å². The number of aryl methyl sites for hydroxylation is 1. The van der Waals surface area contributed by atoms with E-state index < -0.39 is 0 Å². The van der Waals surface area contributed by atoms with Crippen LogP contribution in [0.5, 0.6) is 5.88 Å². The van der Waals surface area contributed by atoms with Crippen LogP contribution in [0.15, 0.2) is 29.7 Å². The van der Waals surface area contributed by atoms with Crippen molar-refractivity contribution < 1.29 is 4.74 Å². The van der Waals surface area contributed by atoms with E-state index in [1.807, 2.05) is 13.0 Å². The van der Waals surface area contributed by atoms with Crippen LogP contribution in [0.3, 0.4) is 0 Å². The highest BCUT2D eigenvalue weighted by Crippen LogP contribution is 2.43. The minimum atomic E-state index is -0.382. The Balaban J connectivity index is 2.24. The van der Waals surface area contributed by atoms with Gasteiger partial charge in [-0.15, -0.1) is 5.10 Å². The molecule has 1 aliphatic rings. The maximum absolute atomic E-state index is 9.41. The van der Waals surface area contributed by atoms with Crippen molar-refractivity contribution in [1.29, 1.82) is 5.26 Å². The number of aromatic nitrogens is 2. The molecule has 3 N–H and O–H groups in total. The fourth-order valence-corrected chi connectivity index (χ4v) is 2.73. The van der Waals surface area contributed by atoms with Gasteiger partial charge in [-0.3, -0.25) is 5.10 Å². The van der Waals surface area contributed by atoms with Gasteiger partial charge in [0, 0.05) is 11.3 Å². The first kappa shape index (κ1) is 13.8. The Kier molecular flexibility index (Phi) is 3.28. The van der Waals surface area contributed by atoms with Crippen LogP contribution in [0.4, 0.5) is 0 Å². The van der Waals surface area contributed by atoms with Crippen molar-refractivity contribution in [3.63, 3.8) is 0 Å². The lowest BCUT2D eigenvalue weighted by molar-refractivity contribution is 0.379. The first-order valence-electron chi connectivity index (χ1n) is 6.10. The Labute approximate surface area is 130 Å². The van der Waals surface area contributed by atoms with Gasteiger partial charge in [-0.25, -0.2) is 0 Å². The van der Waals surface area contributed by atoms with Crippen molar-refractivity contribution in [1.82, 2.24) is 10.2 Å². The molecular weight excluding hydrogens is 311 g/mol. The Morgan fingerprint density at radius 2 is 2.14 bits per heavy atom. The smallest absolute Gasteiger partial charge is 0.244 e. The molecule has 1 aliphatic heterocycles. The molecule has 0 spiro atoms. The lowest BCUT2D eigenvalue weighted by Crippen LogP contribution is -2.21. The second kappa shape index (κ2) is 4.99. The van der Waals surface area contributed by atoms with Gasteiger partial charge >= 0.3 is 0 Å². The monoisotopic (exact) mass is 320 g/mol. The zero-order valence-corrected chi connectivity index (χ0v) is 12.5. The molecule has 106 valence electrons. The maximum atomic E-state index is 9.41. The van der Waals surface area contributed by atoms with E-state index >= 15 is 0 Å². The topological polar surface area (TPSA) is 87.7 Å². The zero-order valence-electron chi connectivity index (χ0n) is 10.9. The number of hydrogen-bond donors (Lipinski definition) is 2. The summed E-state index contributed by atoms with van der Waals surface area (Å²) >= 11 is 12.0. The number of allylic oxidation sites excluding steroid dienone is 1. The Bertz CT molecular complexity index is 804. The third-order valence-electron chi connectivity index (χ3n) is 3.41. The highest BCUT2D eigenvalue weighted by atomic mass is 35.5. The van der Waals surface area contributed by atoms with E-state index in [2.05, 4.69) is 16.3 Å². The summed E-state index contributed by atoms with van der Waals surface area (Å²) in [6.45, 7) is 1.86. The summed E-state index contributed by atoms with van der Waals surface area (Å²) in [7, 11) is 0. The van der Waals surface area contributed by atoms with E-state index in [0.29, 0.717) is 21.5 Å². The van der Waals surface area contributed by atoms with Crippen molar-refractivity contribution in [3.8, 4) is 11.9 Å². The van der Waals surface area contributed by atoms with Crippen molar-refractivity contribution in [2.24, 2.45) is 5.73 Å². The molecule has 5 nitrogen and oxygen atoms in total. The van der Waals surface area contributed by atoms with Gasteiger partial charge in [-0.2, -0.15) is 5.26 Å². The molecule has 0 bridgehead atoms. The molecule has 0 radical (unpaired) electrons. The van der Waals surface area contributed by atoms with Crippen LogP contribution in [0.2, 0.25) is 10.0 Å². The summed E-state index contributed by atoms with van der Waals surface area (Å²) in [4.78, 5) is 0. The van der Waals surface area contributed by atoms with Crippen LogP contribution in [0.1, 0.15) is 22.7 Å². The molecule has 0 fully saturated rings. The number of benzene rings is 1. The first-order valence-corrected chi connectivity index (χ1v) is 6.86. The number of nitrogens with one attached hydrogen (secondary N) is 1. The number of rotatable bonds is 1. The Morgan fingerprint density at radius 1 is 1.38 bits per heavy atom. The third-order valence-corrected chi connectivity index (χ3v) is 4.15. The van der Waals surface area contributed by atoms with E-state index in [9.17, 15) is 5.26 Å². The van der Waals surface area contributed by atoms with Crippen molar-refractivity contribution in [2.45, 2.75) is 12.8 Å². The van der Waals surface area contributed by atoms with Crippen molar-refractivity contribution in [2.75, 3.05) is 0 Å².